The van der Waals surface area contributed by atoms with E-state index in [0.717, 1.165) is 19.3 Å². The Morgan fingerprint density at radius 2 is 2.00 bits per heavy atom. The number of hydrogen-bond donors (Lipinski definition) is 1. The number of alkyl halides is 1. The van der Waals surface area contributed by atoms with Crippen molar-refractivity contribution in [2.45, 2.75) is 39.2 Å². The number of hydrogen-bond acceptors (Lipinski definition) is 2. The summed E-state index contributed by atoms with van der Waals surface area (Å²) in [5.74, 6) is 1.47. The van der Waals surface area contributed by atoms with Gasteiger partial charge in [0.15, 0.2) is 0 Å². The Bertz CT molecular complexity index is 286. The maximum atomic E-state index is 11.7. The minimum absolute atomic E-state index is 0.115. The lowest BCUT2D eigenvalue weighted by Crippen LogP contribution is -2.38. The SMILES string of the molecule is CC(C)CC(CCl)NS(=O)(=O)CC1CC1. The van der Waals surface area contributed by atoms with E-state index in [1.54, 1.807) is 0 Å². The molecule has 0 radical (unpaired) electrons. The molecule has 90 valence electrons. The second-order valence-electron chi connectivity index (χ2n) is 4.82. The molecule has 0 heterocycles. The third-order valence-electron chi connectivity index (χ3n) is 2.44. The molecule has 3 nitrogen and oxygen atoms in total. The van der Waals surface area contributed by atoms with Crippen LogP contribution in [0.4, 0.5) is 0 Å². The first-order valence-corrected chi connectivity index (χ1v) is 7.67. The third kappa shape index (κ3) is 5.73. The van der Waals surface area contributed by atoms with E-state index >= 15 is 0 Å². The summed E-state index contributed by atoms with van der Waals surface area (Å²) in [6.45, 7) is 4.13. The number of nitrogens with one attached hydrogen (secondary N) is 1. The van der Waals surface area contributed by atoms with Gasteiger partial charge in [0.1, 0.15) is 0 Å². The van der Waals surface area contributed by atoms with Crippen LogP contribution in [0.15, 0.2) is 0 Å². The van der Waals surface area contributed by atoms with Gasteiger partial charge in [0.05, 0.1) is 5.75 Å². The van der Waals surface area contributed by atoms with Crippen molar-refractivity contribution in [1.29, 1.82) is 0 Å². The summed E-state index contributed by atoms with van der Waals surface area (Å²) in [4.78, 5) is 0. The summed E-state index contributed by atoms with van der Waals surface area (Å²) in [6, 6.07) is -0.115. The average molecular weight is 254 g/mol. The Labute approximate surface area is 97.6 Å². The van der Waals surface area contributed by atoms with Gasteiger partial charge in [-0.05, 0) is 31.1 Å². The predicted molar refractivity (Wildman–Crippen MR) is 63.6 cm³/mol. The van der Waals surface area contributed by atoms with Crippen LogP contribution in [0.5, 0.6) is 0 Å². The number of rotatable bonds is 7. The lowest BCUT2D eigenvalue weighted by atomic mass is 10.1. The molecule has 1 aliphatic carbocycles. The van der Waals surface area contributed by atoms with Gasteiger partial charge in [0.2, 0.25) is 10.0 Å². The minimum atomic E-state index is -3.11. The van der Waals surface area contributed by atoms with Gasteiger partial charge in [-0.2, -0.15) is 0 Å². The van der Waals surface area contributed by atoms with Crippen molar-refractivity contribution in [3.63, 3.8) is 0 Å². The van der Waals surface area contributed by atoms with Crippen molar-refractivity contribution < 1.29 is 8.42 Å². The highest BCUT2D eigenvalue weighted by atomic mass is 35.5. The van der Waals surface area contributed by atoms with Crippen LogP contribution < -0.4 is 4.72 Å². The van der Waals surface area contributed by atoms with Gasteiger partial charge in [-0.25, -0.2) is 13.1 Å². The van der Waals surface area contributed by atoms with E-state index in [1.165, 1.54) is 0 Å². The molecule has 0 aromatic carbocycles. The molecule has 5 heteroatoms. The molecule has 1 aliphatic rings. The zero-order valence-electron chi connectivity index (χ0n) is 9.37. The molecule has 0 aliphatic heterocycles. The van der Waals surface area contributed by atoms with Crippen LogP contribution in [0.25, 0.3) is 0 Å². The maximum Gasteiger partial charge on any atom is 0.212 e. The van der Waals surface area contributed by atoms with Crippen molar-refractivity contribution in [2.75, 3.05) is 11.6 Å². The molecular weight excluding hydrogens is 234 g/mol. The first kappa shape index (κ1) is 13.3. The van der Waals surface area contributed by atoms with Crippen molar-refractivity contribution in [3.05, 3.63) is 0 Å². The fourth-order valence-electron chi connectivity index (χ4n) is 1.61. The Balaban J connectivity index is 2.41. The molecule has 1 saturated carbocycles. The molecule has 0 saturated heterocycles. The highest BCUT2D eigenvalue weighted by Gasteiger charge is 2.29. The first-order valence-electron chi connectivity index (χ1n) is 5.49. The first-order chi connectivity index (χ1) is 6.93. The van der Waals surface area contributed by atoms with E-state index in [4.69, 9.17) is 11.6 Å². The van der Waals surface area contributed by atoms with Gasteiger partial charge in [0.25, 0.3) is 0 Å². The fourth-order valence-corrected chi connectivity index (χ4v) is 3.64. The second kappa shape index (κ2) is 5.51. The minimum Gasteiger partial charge on any atom is -0.212 e. The van der Waals surface area contributed by atoms with Gasteiger partial charge in [-0.1, -0.05) is 13.8 Å². The lowest BCUT2D eigenvalue weighted by molar-refractivity contribution is 0.484. The molecule has 0 bridgehead atoms. The average Bonchev–Trinajstić information content (AvgIpc) is 2.84. The van der Waals surface area contributed by atoms with E-state index < -0.39 is 10.0 Å². The zero-order chi connectivity index (χ0) is 11.5. The fraction of sp³-hybridized carbons (Fsp3) is 1.00. The topological polar surface area (TPSA) is 46.2 Å². The van der Waals surface area contributed by atoms with E-state index in [9.17, 15) is 8.42 Å². The van der Waals surface area contributed by atoms with E-state index in [2.05, 4.69) is 18.6 Å². The highest BCUT2D eigenvalue weighted by Crippen LogP contribution is 2.30. The third-order valence-corrected chi connectivity index (χ3v) is 4.42. The van der Waals surface area contributed by atoms with Crippen molar-refractivity contribution in [2.24, 2.45) is 11.8 Å². The smallest absolute Gasteiger partial charge is 0.212 e. The van der Waals surface area contributed by atoms with Gasteiger partial charge in [0, 0.05) is 11.9 Å². The van der Waals surface area contributed by atoms with Crippen LogP contribution >= 0.6 is 11.6 Å². The number of sulfonamides is 1. The summed E-state index contributed by atoms with van der Waals surface area (Å²) in [6.07, 6.45) is 2.90. The van der Waals surface area contributed by atoms with Crippen LogP contribution in [0, 0.1) is 11.8 Å². The van der Waals surface area contributed by atoms with E-state index in [1.807, 2.05) is 0 Å². The quantitative estimate of drug-likeness (QED) is 0.705. The van der Waals surface area contributed by atoms with Gasteiger partial charge in [-0.3, -0.25) is 0 Å². The van der Waals surface area contributed by atoms with Crippen molar-refractivity contribution in [3.8, 4) is 0 Å². The van der Waals surface area contributed by atoms with Crippen molar-refractivity contribution >= 4 is 21.6 Å². The maximum absolute atomic E-state index is 11.7. The second-order valence-corrected chi connectivity index (χ2v) is 6.93. The van der Waals surface area contributed by atoms with Crippen molar-refractivity contribution in [1.82, 2.24) is 4.72 Å². The van der Waals surface area contributed by atoms with Crippen LogP contribution in [0.3, 0.4) is 0 Å². The zero-order valence-corrected chi connectivity index (χ0v) is 10.9. The molecule has 1 atom stereocenters. The van der Waals surface area contributed by atoms with Crippen LogP contribution in [-0.2, 0) is 10.0 Å². The summed E-state index contributed by atoms with van der Waals surface area (Å²) in [5.41, 5.74) is 0. The Kier molecular flexibility index (Phi) is 4.87. The standard InChI is InChI=1S/C10H20ClNO2S/c1-8(2)5-10(6-11)12-15(13,14)7-9-3-4-9/h8-10,12H,3-7H2,1-2H3. The van der Waals surface area contributed by atoms with Crippen LogP contribution in [0.1, 0.15) is 33.1 Å². The van der Waals surface area contributed by atoms with Gasteiger partial charge >= 0.3 is 0 Å². The Morgan fingerprint density at radius 1 is 1.40 bits per heavy atom. The van der Waals surface area contributed by atoms with Crippen LogP contribution in [-0.4, -0.2) is 26.1 Å². The van der Waals surface area contributed by atoms with Gasteiger partial charge < -0.3 is 0 Å². The highest BCUT2D eigenvalue weighted by molar-refractivity contribution is 7.89. The largest absolute Gasteiger partial charge is 0.212 e. The molecule has 1 unspecified atom stereocenters. The molecule has 1 N–H and O–H groups in total. The molecule has 0 aromatic rings. The lowest BCUT2D eigenvalue weighted by Gasteiger charge is -2.17. The molecular formula is C10H20ClNO2S. The van der Waals surface area contributed by atoms with Crippen LogP contribution in [0.2, 0.25) is 0 Å². The molecule has 15 heavy (non-hydrogen) atoms. The summed E-state index contributed by atoms with van der Waals surface area (Å²) in [7, 11) is -3.11. The summed E-state index contributed by atoms with van der Waals surface area (Å²) in [5, 5.41) is 0. The Morgan fingerprint density at radius 3 is 2.40 bits per heavy atom. The molecule has 0 aromatic heterocycles. The van der Waals surface area contributed by atoms with Gasteiger partial charge in [-0.15, -0.1) is 11.6 Å². The molecule has 1 rings (SSSR count). The predicted octanol–water partition coefficient (Wildman–Crippen LogP) is 1.97. The summed E-state index contributed by atoms with van der Waals surface area (Å²) >= 11 is 5.74. The molecule has 1 fully saturated rings. The normalized spacial score (nSPS) is 19.5. The Hall–Kier alpha value is 0.200. The number of halogens is 1. The monoisotopic (exact) mass is 253 g/mol. The van der Waals surface area contributed by atoms with E-state index in [0.29, 0.717) is 17.7 Å². The molecule has 0 spiro atoms. The summed E-state index contributed by atoms with van der Waals surface area (Å²) < 4.78 is 26.0. The molecule has 0 amide bonds. The van der Waals surface area contributed by atoms with E-state index in [-0.39, 0.29) is 11.8 Å².